The molecule has 2 unspecified atom stereocenters. The maximum atomic E-state index is 12.4. The van der Waals surface area contributed by atoms with Gasteiger partial charge in [-0.2, -0.15) is 0 Å². The van der Waals surface area contributed by atoms with Gasteiger partial charge < -0.3 is 10.6 Å². The Bertz CT molecular complexity index is 1480. The van der Waals surface area contributed by atoms with E-state index in [0.29, 0.717) is 18.8 Å². The molecule has 2 aliphatic carbocycles. The van der Waals surface area contributed by atoms with Crippen LogP contribution in [0, 0.1) is 18.8 Å². The van der Waals surface area contributed by atoms with Gasteiger partial charge in [0.25, 0.3) is 0 Å². The van der Waals surface area contributed by atoms with Gasteiger partial charge in [0.05, 0.1) is 0 Å². The minimum absolute atomic E-state index is 0.113. The third-order valence-electron chi connectivity index (χ3n) is 11.1. The Morgan fingerprint density at radius 2 is 1.74 bits per heavy atom. The standard InChI is InChI=1S/C40H54N2O.C6H13F/c1-5-29(3)35-18-15-30(4)36(26-35)25-32(16-14-28(2)24-31-10-7-6-8-11-31)17-22-38(33-12-9-13-33)41-37-21-19-34-20-23-40(43)42-39(34)27-37;1-4-5-6(2,3)7/h15,17-19,21-22,25-29,31,41H,5-14,16,20,23-24H2,1-4H3,(H,42,43);4-5H2,1-3H3/b22-17+,32-25+;. The first kappa shape index (κ1) is 39.6. The van der Waals surface area contributed by atoms with Crippen LogP contribution in [0.25, 0.3) is 6.08 Å². The number of alkyl halides is 1. The van der Waals surface area contributed by atoms with Gasteiger partial charge >= 0.3 is 0 Å². The number of allylic oxidation sites excluding steroid dienone is 4. The molecule has 0 radical (unpaired) electrons. The molecule has 0 bridgehead atoms. The van der Waals surface area contributed by atoms with E-state index in [0.717, 1.165) is 61.7 Å². The molecule has 1 heterocycles. The third-order valence-corrected chi connectivity index (χ3v) is 11.1. The van der Waals surface area contributed by atoms with E-state index in [2.05, 4.69) is 93.0 Å². The molecule has 2 saturated carbocycles. The van der Waals surface area contributed by atoms with E-state index in [9.17, 15) is 9.18 Å². The largest absolute Gasteiger partial charge is 0.356 e. The summed E-state index contributed by atoms with van der Waals surface area (Å²) in [6.45, 7) is 14.5. The van der Waals surface area contributed by atoms with Crippen LogP contribution in [0.5, 0.6) is 0 Å². The van der Waals surface area contributed by atoms with E-state index in [1.165, 1.54) is 90.5 Å². The van der Waals surface area contributed by atoms with Gasteiger partial charge in [-0.15, -0.1) is 0 Å². The van der Waals surface area contributed by atoms with Crippen molar-refractivity contribution in [2.24, 2.45) is 11.8 Å². The summed E-state index contributed by atoms with van der Waals surface area (Å²) in [6.07, 6.45) is 25.8. The number of benzene rings is 2. The lowest BCUT2D eigenvalue weighted by Gasteiger charge is -2.25. The number of rotatable bonds is 14. The van der Waals surface area contributed by atoms with Gasteiger partial charge in [0.2, 0.25) is 5.91 Å². The highest BCUT2D eigenvalue weighted by atomic mass is 19.1. The quantitative estimate of drug-likeness (QED) is 0.195. The van der Waals surface area contributed by atoms with Crippen LogP contribution < -0.4 is 10.6 Å². The number of hydrogen-bond acceptors (Lipinski definition) is 2. The number of carbonyl (C=O) groups excluding carboxylic acids is 1. The second kappa shape index (κ2) is 19.5. The average molecular weight is 683 g/mol. The van der Waals surface area contributed by atoms with Crippen LogP contribution in [0.3, 0.4) is 0 Å². The highest BCUT2D eigenvalue weighted by Gasteiger charge is 2.19. The molecule has 2 N–H and O–H groups in total. The van der Waals surface area contributed by atoms with Gasteiger partial charge in [-0.25, -0.2) is 4.39 Å². The molecule has 0 saturated heterocycles. The Morgan fingerprint density at radius 3 is 2.38 bits per heavy atom. The van der Waals surface area contributed by atoms with Crippen LogP contribution in [0.1, 0.15) is 166 Å². The topological polar surface area (TPSA) is 41.1 Å². The van der Waals surface area contributed by atoms with Gasteiger partial charge in [-0.05, 0) is 148 Å². The summed E-state index contributed by atoms with van der Waals surface area (Å²) >= 11 is 0. The zero-order valence-electron chi connectivity index (χ0n) is 32.5. The number of fused-ring (bicyclic) bond motifs is 1. The molecule has 1 aliphatic heterocycles. The Kier molecular flexibility index (Phi) is 15.4. The van der Waals surface area contributed by atoms with Gasteiger partial charge in [0.15, 0.2) is 0 Å². The van der Waals surface area contributed by atoms with Crippen molar-refractivity contribution in [2.75, 3.05) is 10.6 Å². The molecule has 4 heteroatoms. The molecule has 5 rings (SSSR count). The van der Waals surface area contributed by atoms with Crippen molar-refractivity contribution in [1.82, 2.24) is 0 Å². The van der Waals surface area contributed by atoms with E-state index in [4.69, 9.17) is 0 Å². The Labute approximate surface area is 304 Å². The normalized spacial score (nSPS) is 18.0. The molecule has 2 aromatic carbocycles. The number of nitrogens with one attached hydrogen (secondary N) is 2. The molecule has 2 atom stereocenters. The van der Waals surface area contributed by atoms with Crippen molar-refractivity contribution < 1.29 is 9.18 Å². The molecular weight excluding hydrogens is 616 g/mol. The highest BCUT2D eigenvalue weighted by Crippen LogP contribution is 2.34. The predicted molar refractivity (Wildman–Crippen MR) is 215 cm³/mol. The van der Waals surface area contributed by atoms with E-state index in [1.54, 1.807) is 13.8 Å². The molecule has 0 spiro atoms. The van der Waals surface area contributed by atoms with Crippen molar-refractivity contribution in [3.63, 3.8) is 0 Å². The highest BCUT2D eigenvalue weighted by molar-refractivity contribution is 5.94. The van der Waals surface area contributed by atoms with E-state index in [1.807, 2.05) is 6.92 Å². The molecule has 1 amide bonds. The van der Waals surface area contributed by atoms with E-state index < -0.39 is 5.67 Å². The molecule has 50 heavy (non-hydrogen) atoms. The number of hydrogen-bond donors (Lipinski definition) is 2. The Balaban J connectivity index is 0.000000727. The molecule has 3 aliphatic rings. The molecule has 0 aromatic heterocycles. The molecule has 274 valence electrons. The molecule has 2 fully saturated rings. The van der Waals surface area contributed by atoms with E-state index in [-0.39, 0.29) is 5.91 Å². The lowest BCUT2D eigenvalue weighted by atomic mass is 9.81. The predicted octanol–water partition coefficient (Wildman–Crippen LogP) is 13.8. The number of aryl methyl sites for hydroxylation is 2. The fraction of sp³-hybridized carbons (Fsp3) is 0.587. The van der Waals surface area contributed by atoms with Crippen LogP contribution in [-0.2, 0) is 11.2 Å². The fourth-order valence-corrected chi connectivity index (χ4v) is 7.54. The summed E-state index contributed by atoms with van der Waals surface area (Å²) in [6, 6.07) is 13.5. The number of amides is 1. The summed E-state index contributed by atoms with van der Waals surface area (Å²) in [5, 5.41) is 6.81. The lowest BCUT2D eigenvalue weighted by molar-refractivity contribution is -0.116. The van der Waals surface area contributed by atoms with Gasteiger partial charge in [-0.1, -0.05) is 103 Å². The van der Waals surface area contributed by atoms with Gasteiger partial charge in [-0.3, -0.25) is 4.79 Å². The minimum atomic E-state index is -0.950. The zero-order valence-corrected chi connectivity index (χ0v) is 32.5. The fourth-order valence-electron chi connectivity index (χ4n) is 7.54. The van der Waals surface area contributed by atoms with E-state index >= 15 is 0 Å². The maximum absolute atomic E-state index is 12.4. The van der Waals surface area contributed by atoms with Crippen molar-refractivity contribution in [1.29, 1.82) is 0 Å². The van der Waals surface area contributed by atoms with Gasteiger partial charge in [0.1, 0.15) is 5.67 Å². The summed E-state index contributed by atoms with van der Waals surface area (Å²) in [4.78, 5) is 12.0. The van der Waals surface area contributed by atoms with Crippen LogP contribution >= 0.6 is 0 Å². The average Bonchev–Trinajstić information content (AvgIpc) is 3.05. The molecular formula is C46H67FN2O. The first-order valence-electron chi connectivity index (χ1n) is 20.0. The summed E-state index contributed by atoms with van der Waals surface area (Å²) in [7, 11) is 0. The summed E-state index contributed by atoms with van der Waals surface area (Å²) < 4.78 is 12.4. The van der Waals surface area contributed by atoms with Crippen LogP contribution in [0.4, 0.5) is 15.8 Å². The Hall–Kier alpha value is -3.14. The summed E-state index contributed by atoms with van der Waals surface area (Å²) in [5.41, 5.74) is 10.5. The van der Waals surface area contributed by atoms with Crippen molar-refractivity contribution in [2.45, 2.75) is 163 Å². The third kappa shape index (κ3) is 12.9. The Morgan fingerprint density at radius 1 is 0.980 bits per heavy atom. The smallest absolute Gasteiger partial charge is 0.224 e. The zero-order chi connectivity index (χ0) is 36.1. The van der Waals surface area contributed by atoms with Crippen molar-refractivity contribution >= 4 is 23.4 Å². The monoisotopic (exact) mass is 683 g/mol. The lowest BCUT2D eigenvalue weighted by Crippen LogP contribution is -2.19. The second-order valence-electron chi connectivity index (χ2n) is 16.2. The van der Waals surface area contributed by atoms with Crippen LogP contribution in [0.15, 0.2) is 65.4 Å². The first-order chi connectivity index (χ1) is 23.9. The van der Waals surface area contributed by atoms with Crippen molar-refractivity contribution in [3.05, 3.63) is 87.6 Å². The van der Waals surface area contributed by atoms with Crippen LogP contribution in [-0.4, -0.2) is 11.6 Å². The van der Waals surface area contributed by atoms with Crippen molar-refractivity contribution in [3.8, 4) is 0 Å². The maximum Gasteiger partial charge on any atom is 0.224 e. The number of anilines is 2. The number of halogens is 1. The minimum Gasteiger partial charge on any atom is -0.356 e. The summed E-state index contributed by atoms with van der Waals surface area (Å²) in [5.74, 6) is 2.37. The molecule has 2 aromatic rings. The molecule has 3 nitrogen and oxygen atoms in total. The SMILES string of the molecule is CCC(C)c1ccc(C)c(/C=C(/C=C/C(Nc2ccc3c(c2)NC(=O)CC3)=C2CCC2)CCC(C)CC2CCCCC2)c1.CCCC(C)(C)F. The van der Waals surface area contributed by atoms with Crippen LogP contribution in [0.2, 0.25) is 0 Å². The second-order valence-corrected chi connectivity index (χ2v) is 16.2. The first-order valence-corrected chi connectivity index (χ1v) is 20.0. The number of carbonyl (C=O) groups is 1. The van der Waals surface area contributed by atoms with Gasteiger partial charge in [0, 0.05) is 23.5 Å².